The van der Waals surface area contributed by atoms with E-state index in [-0.39, 0.29) is 11.8 Å². The lowest BCUT2D eigenvalue weighted by Gasteiger charge is -2.06. The van der Waals surface area contributed by atoms with Gasteiger partial charge in [-0.05, 0) is 24.6 Å². The summed E-state index contributed by atoms with van der Waals surface area (Å²) in [4.78, 5) is 22.4. The van der Waals surface area contributed by atoms with Crippen LogP contribution in [0.1, 0.15) is 23.7 Å². The number of amides is 2. The fraction of sp³-hybridized carbons (Fsp3) is 0.385. The van der Waals surface area contributed by atoms with Crippen molar-refractivity contribution < 1.29 is 14.3 Å². The zero-order valence-electron chi connectivity index (χ0n) is 10.7. The van der Waals surface area contributed by atoms with Crippen molar-refractivity contribution in [1.82, 2.24) is 10.6 Å². The van der Waals surface area contributed by atoms with Crippen LogP contribution in [0.2, 0.25) is 0 Å². The van der Waals surface area contributed by atoms with Gasteiger partial charge in [0.25, 0.3) is 5.91 Å². The predicted octanol–water partition coefficient (Wildman–Crippen LogP) is 0.951. The highest BCUT2D eigenvalue weighted by atomic mass is 16.5. The summed E-state index contributed by atoms with van der Waals surface area (Å²) in [6.07, 6.45) is 0.704. The van der Waals surface area contributed by atoms with E-state index in [2.05, 4.69) is 10.6 Å². The average Bonchev–Trinajstić information content (AvgIpc) is 2.37. The van der Waals surface area contributed by atoms with E-state index in [0.29, 0.717) is 30.8 Å². The van der Waals surface area contributed by atoms with Gasteiger partial charge in [0.15, 0.2) is 0 Å². The van der Waals surface area contributed by atoms with Crippen LogP contribution in [0.5, 0.6) is 5.75 Å². The van der Waals surface area contributed by atoms with Gasteiger partial charge in [-0.2, -0.15) is 0 Å². The van der Waals surface area contributed by atoms with E-state index in [4.69, 9.17) is 4.74 Å². The Hall–Kier alpha value is -2.04. The van der Waals surface area contributed by atoms with Crippen LogP contribution in [0.4, 0.5) is 0 Å². The van der Waals surface area contributed by atoms with Gasteiger partial charge in [0.05, 0.1) is 7.11 Å². The van der Waals surface area contributed by atoms with Gasteiger partial charge in [0.2, 0.25) is 5.91 Å². The van der Waals surface area contributed by atoms with E-state index in [1.54, 1.807) is 31.4 Å². The standard InChI is InChI=1S/C13H18N2O3/c1-10(16)14-7-4-8-15-13(17)11-5-3-6-12(9-11)18-2/h3,5-6,9H,4,7-8H2,1-2H3,(H,14,16)(H,15,17). The maximum Gasteiger partial charge on any atom is 0.251 e. The van der Waals surface area contributed by atoms with Crippen LogP contribution in [0.25, 0.3) is 0 Å². The molecule has 0 heterocycles. The molecular weight excluding hydrogens is 232 g/mol. The molecule has 0 fully saturated rings. The highest BCUT2D eigenvalue weighted by Crippen LogP contribution is 2.12. The van der Waals surface area contributed by atoms with Crippen molar-refractivity contribution in [3.8, 4) is 5.75 Å². The monoisotopic (exact) mass is 250 g/mol. The number of rotatable bonds is 6. The Morgan fingerprint density at radius 3 is 2.61 bits per heavy atom. The molecule has 0 atom stereocenters. The molecule has 5 heteroatoms. The molecule has 98 valence electrons. The summed E-state index contributed by atoms with van der Waals surface area (Å²) in [6.45, 7) is 2.55. The largest absolute Gasteiger partial charge is 0.497 e. The second kappa shape index (κ2) is 7.32. The van der Waals surface area contributed by atoms with Gasteiger partial charge < -0.3 is 15.4 Å². The number of hydrogen-bond donors (Lipinski definition) is 2. The summed E-state index contributed by atoms with van der Waals surface area (Å²) >= 11 is 0. The Morgan fingerprint density at radius 2 is 1.94 bits per heavy atom. The molecule has 0 spiro atoms. The Bertz CT molecular complexity index is 418. The van der Waals surface area contributed by atoms with E-state index >= 15 is 0 Å². The van der Waals surface area contributed by atoms with Crippen LogP contribution < -0.4 is 15.4 Å². The first-order chi connectivity index (χ1) is 8.63. The summed E-state index contributed by atoms with van der Waals surface area (Å²) in [5.74, 6) is 0.451. The molecule has 1 aromatic carbocycles. The van der Waals surface area contributed by atoms with Gasteiger partial charge in [-0.1, -0.05) is 6.07 Å². The molecule has 2 amide bonds. The van der Waals surface area contributed by atoms with E-state index in [1.807, 2.05) is 0 Å². The third kappa shape index (κ3) is 4.86. The fourth-order valence-electron chi connectivity index (χ4n) is 1.42. The second-order valence-electron chi connectivity index (χ2n) is 3.82. The topological polar surface area (TPSA) is 67.4 Å². The van der Waals surface area contributed by atoms with Crippen molar-refractivity contribution >= 4 is 11.8 Å². The predicted molar refractivity (Wildman–Crippen MR) is 68.6 cm³/mol. The first-order valence-electron chi connectivity index (χ1n) is 5.80. The molecule has 0 aliphatic rings. The molecule has 1 rings (SSSR count). The van der Waals surface area contributed by atoms with Gasteiger partial charge >= 0.3 is 0 Å². The number of nitrogens with one attached hydrogen (secondary N) is 2. The number of carbonyl (C=O) groups excluding carboxylic acids is 2. The zero-order chi connectivity index (χ0) is 13.4. The quantitative estimate of drug-likeness (QED) is 0.739. The van der Waals surface area contributed by atoms with Crippen molar-refractivity contribution in [3.05, 3.63) is 29.8 Å². The number of benzene rings is 1. The van der Waals surface area contributed by atoms with E-state index < -0.39 is 0 Å². The van der Waals surface area contributed by atoms with Crippen LogP contribution in [-0.4, -0.2) is 32.0 Å². The van der Waals surface area contributed by atoms with E-state index in [1.165, 1.54) is 6.92 Å². The van der Waals surface area contributed by atoms with Crippen molar-refractivity contribution in [2.24, 2.45) is 0 Å². The minimum absolute atomic E-state index is 0.0610. The molecule has 0 aliphatic carbocycles. The molecule has 0 saturated heterocycles. The molecule has 0 aliphatic heterocycles. The maximum absolute atomic E-state index is 11.8. The van der Waals surface area contributed by atoms with Crippen LogP contribution in [0.3, 0.4) is 0 Å². The van der Waals surface area contributed by atoms with Gasteiger partial charge in [0.1, 0.15) is 5.75 Å². The van der Waals surface area contributed by atoms with Gasteiger partial charge in [-0.25, -0.2) is 0 Å². The zero-order valence-corrected chi connectivity index (χ0v) is 10.7. The number of carbonyl (C=O) groups is 2. The summed E-state index contributed by atoms with van der Waals surface area (Å²) in [5.41, 5.74) is 0.564. The van der Waals surface area contributed by atoms with E-state index in [9.17, 15) is 9.59 Å². The van der Waals surface area contributed by atoms with Crippen LogP contribution in [0, 0.1) is 0 Å². The molecule has 5 nitrogen and oxygen atoms in total. The molecule has 0 bridgehead atoms. The summed E-state index contributed by atoms with van der Waals surface area (Å²) in [5, 5.41) is 5.45. The molecule has 1 aromatic rings. The molecule has 0 saturated carbocycles. The van der Waals surface area contributed by atoms with Crippen LogP contribution >= 0.6 is 0 Å². The third-order valence-corrected chi connectivity index (χ3v) is 2.34. The minimum Gasteiger partial charge on any atom is -0.497 e. The molecule has 0 aromatic heterocycles. The van der Waals surface area contributed by atoms with Gasteiger partial charge in [-0.3, -0.25) is 9.59 Å². The number of hydrogen-bond acceptors (Lipinski definition) is 3. The normalized spacial score (nSPS) is 9.67. The van der Waals surface area contributed by atoms with E-state index in [0.717, 1.165) is 0 Å². The summed E-state index contributed by atoms with van der Waals surface area (Å²) in [7, 11) is 1.56. The lowest BCUT2D eigenvalue weighted by molar-refractivity contribution is -0.118. The number of ether oxygens (including phenoxy) is 1. The molecule has 0 radical (unpaired) electrons. The minimum atomic E-state index is -0.142. The Labute approximate surface area is 107 Å². The average molecular weight is 250 g/mol. The molecule has 18 heavy (non-hydrogen) atoms. The molecule has 2 N–H and O–H groups in total. The van der Waals surface area contributed by atoms with Gasteiger partial charge in [-0.15, -0.1) is 0 Å². The SMILES string of the molecule is COc1cccc(C(=O)NCCCNC(C)=O)c1. The highest BCUT2D eigenvalue weighted by Gasteiger charge is 2.05. The second-order valence-corrected chi connectivity index (χ2v) is 3.82. The summed E-state index contributed by atoms with van der Waals surface area (Å²) in [6, 6.07) is 6.97. The first kappa shape index (κ1) is 14.0. The lowest BCUT2D eigenvalue weighted by Crippen LogP contribution is -2.28. The van der Waals surface area contributed by atoms with Crippen molar-refractivity contribution in [2.45, 2.75) is 13.3 Å². The summed E-state index contributed by atoms with van der Waals surface area (Å²) < 4.78 is 5.05. The fourth-order valence-corrected chi connectivity index (χ4v) is 1.42. The van der Waals surface area contributed by atoms with Crippen LogP contribution in [-0.2, 0) is 4.79 Å². The Morgan fingerprint density at radius 1 is 1.22 bits per heavy atom. The Balaban J connectivity index is 2.33. The van der Waals surface area contributed by atoms with Crippen molar-refractivity contribution in [2.75, 3.05) is 20.2 Å². The molecular formula is C13H18N2O3. The smallest absolute Gasteiger partial charge is 0.251 e. The number of methoxy groups -OCH3 is 1. The Kier molecular flexibility index (Phi) is 5.70. The highest BCUT2D eigenvalue weighted by molar-refractivity contribution is 5.94. The lowest BCUT2D eigenvalue weighted by atomic mass is 10.2. The third-order valence-electron chi connectivity index (χ3n) is 2.34. The van der Waals surface area contributed by atoms with Crippen molar-refractivity contribution in [1.29, 1.82) is 0 Å². The molecule has 0 unspecified atom stereocenters. The first-order valence-corrected chi connectivity index (χ1v) is 5.80. The van der Waals surface area contributed by atoms with Crippen LogP contribution in [0.15, 0.2) is 24.3 Å². The van der Waals surface area contributed by atoms with Gasteiger partial charge in [0, 0.05) is 25.6 Å². The maximum atomic E-state index is 11.8. The van der Waals surface area contributed by atoms with Crippen molar-refractivity contribution in [3.63, 3.8) is 0 Å².